The average Bonchev–Trinajstić information content (AvgIpc) is 2.97. The lowest BCUT2D eigenvalue weighted by Gasteiger charge is -2.13. The fraction of sp³-hybridized carbons (Fsp3) is 0.444. The van der Waals surface area contributed by atoms with E-state index in [2.05, 4.69) is 48.8 Å². The van der Waals surface area contributed by atoms with Crippen LogP contribution < -0.4 is 5.32 Å². The molecule has 0 aliphatic rings. The fourth-order valence-corrected chi connectivity index (χ4v) is 3.08. The molecular formula is C18H25NOS. The predicted molar refractivity (Wildman–Crippen MR) is 90.8 cm³/mol. The molecule has 0 bridgehead atoms. The maximum absolute atomic E-state index is 10.2. The highest BCUT2D eigenvalue weighted by Crippen LogP contribution is 2.15. The van der Waals surface area contributed by atoms with Gasteiger partial charge in [0.1, 0.15) is 0 Å². The predicted octanol–water partition coefficient (Wildman–Crippen LogP) is 3.81. The van der Waals surface area contributed by atoms with Gasteiger partial charge in [0.05, 0.1) is 6.10 Å². The summed E-state index contributed by atoms with van der Waals surface area (Å²) in [6, 6.07) is 12.6. The van der Waals surface area contributed by atoms with Crippen LogP contribution in [0.1, 0.15) is 36.0 Å². The molecule has 2 nitrogen and oxygen atoms in total. The molecule has 0 aliphatic carbocycles. The molecule has 2 rings (SSSR count). The van der Waals surface area contributed by atoms with E-state index in [-0.39, 0.29) is 0 Å². The number of rotatable bonds is 8. The van der Waals surface area contributed by atoms with Gasteiger partial charge in [-0.15, -0.1) is 11.3 Å². The standard InChI is InChI=1S/C18H25NOS/c1-14(2)12-15-5-7-16(8-6-15)18(20)13-19-10-9-17-4-3-11-21-17/h3-8,11,14,18-20H,9-10,12-13H2,1-2H3. The van der Waals surface area contributed by atoms with E-state index in [1.54, 1.807) is 11.3 Å². The summed E-state index contributed by atoms with van der Waals surface area (Å²) in [5.74, 6) is 0.666. The van der Waals surface area contributed by atoms with E-state index >= 15 is 0 Å². The van der Waals surface area contributed by atoms with Gasteiger partial charge in [-0.2, -0.15) is 0 Å². The summed E-state index contributed by atoms with van der Waals surface area (Å²) >= 11 is 1.78. The first-order valence-corrected chi connectivity index (χ1v) is 8.53. The Morgan fingerprint density at radius 1 is 1.14 bits per heavy atom. The minimum atomic E-state index is -0.429. The molecule has 0 amide bonds. The Hall–Kier alpha value is -1.16. The van der Waals surface area contributed by atoms with Crippen molar-refractivity contribution < 1.29 is 5.11 Å². The van der Waals surface area contributed by atoms with Gasteiger partial charge in [0.2, 0.25) is 0 Å². The average molecular weight is 303 g/mol. The molecule has 1 unspecified atom stereocenters. The molecular weight excluding hydrogens is 278 g/mol. The van der Waals surface area contributed by atoms with Crippen LogP contribution in [0.2, 0.25) is 0 Å². The third-order valence-corrected chi connectivity index (χ3v) is 4.41. The van der Waals surface area contributed by atoms with Crippen LogP contribution in [0.25, 0.3) is 0 Å². The van der Waals surface area contributed by atoms with Gasteiger partial charge in [-0.25, -0.2) is 0 Å². The topological polar surface area (TPSA) is 32.3 Å². The summed E-state index contributed by atoms with van der Waals surface area (Å²) in [6.45, 7) is 5.96. The number of benzene rings is 1. The van der Waals surface area contributed by atoms with E-state index in [4.69, 9.17) is 0 Å². The van der Waals surface area contributed by atoms with Crippen molar-refractivity contribution in [1.82, 2.24) is 5.32 Å². The van der Waals surface area contributed by atoms with Gasteiger partial charge in [0, 0.05) is 18.0 Å². The number of aliphatic hydroxyl groups is 1. The van der Waals surface area contributed by atoms with Crippen LogP contribution >= 0.6 is 11.3 Å². The number of thiophene rings is 1. The molecule has 114 valence electrons. The molecule has 0 fully saturated rings. The third kappa shape index (κ3) is 5.62. The number of hydrogen-bond acceptors (Lipinski definition) is 3. The van der Waals surface area contributed by atoms with Gasteiger partial charge in [-0.3, -0.25) is 0 Å². The summed E-state index contributed by atoms with van der Waals surface area (Å²) in [6.07, 6.45) is 1.69. The van der Waals surface area contributed by atoms with Crippen molar-refractivity contribution in [3.05, 3.63) is 57.8 Å². The van der Waals surface area contributed by atoms with Gasteiger partial charge < -0.3 is 10.4 Å². The molecule has 0 aliphatic heterocycles. The second-order valence-electron chi connectivity index (χ2n) is 5.89. The smallest absolute Gasteiger partial charge is 0.0914 e. The van der Waals surface area contributed by atoms with Crippen LogP contribution in [-0.4, -0.2) is 18.2 Å². The van der Waals surface area contributed by atoms with Crippen LogP contribution in [0.3, 0.4) is 0 Å². The van der Waals surface area contributed by atoms with Crippen LogP contribution in [-0.2, 0) is 12.8 Å². The Morgan fingerprint density at radius 2 is 1.90 bits per heavy atom. The van der Waals surface area contributed by atoms with Crippen LogP contribution in [0.15, 0.2) is 41.8 Å². The summed E-state index contributed by atoms with van der Waals surface area (Å²) in [4.78, 5) is 1.38. The number of hydrogen-bond donors (Lipinski definition) is 2. The SMILES string of the molecule is CC(C)Cc1ccc(C(O)CNCCc2cccs2)cc1. The van der Waals surface area contributed by atoms with Crippen LogP contribution in [0.5, 0.6) is 0 Å². The molecule has 2 N–H and O–H groups in total. The Bertz CT molecular complexity index is 505. The minimum Gasteiger partial charge on any atom is -0.387 e. The third-order valence-electron chi connectivity index (χ3n) is 3.47. The van der Waals surface area contributed by atoms with Crippen molar-refractivity contribution in [2.45, 2.75) is 32.8 Å². The first kappa shape index (κ1) is 16.2. The van der Waals surface area contributed by atoms with Crippen molar-refractivity contribution in [3.63, 3.8) is 0 Å². The highest BCUT2D eigenvalue weighted by atomic mass is 32.1. The summed E-state index contributed by atoms with van der Waals surface area (Å²) in [5.41, 5.74) is 2.33. The lowest BCUT2D eigenvalue weighted by molar-refractivity contribution is 0.175. The normalized spacial score (nSPS) is 12.8. The Kier molecular flexibility index (Phi) is 6.43. The summed E-state index contributed by atoms with van der Waals surface area (Å²) in [5, 5.41) is 15.6. The van der Waals surface area contributed by atoms with Gasteiger partial charge in [-0.05, 0) is 41.3 Å². The fourth-order valence-electron chi connectivity index (χ4n) is 2.37. The molecule has 0 saturated heterocycles. The van der Waals surface area contributed by atoms with Gasteiger partial charge >= 0.3 is 0 Å². The maximum Gasteiger partial charge on any atom is 0.0914 e. The summed E-state index contributed by atoms with van der Waals surface area (Å²) in [7, 11) is 0. The van der Waals surface area contributed by atoms with Crippen molar-refractivity contribution in [1.29, 1.82) is 0 Å². The second-order valence-corrected chi connectivity index (χ2v) is 6.92. The van der Waals surface area contributed by atoms with Crippen molar-refractivity contribution >= 4 is 11.3 Å². The van der Waals surface area contributed by atoms with Gasteiger partial charge in [0.25, 0.3) is 0 Å². The minimum absolute atomic E-state index is 0.429. The van der Waals surface area contributed by atoms with E-state index in [9.17, 15) is 5.11 Å². The van der Waals surface area contributed by atoms with E-state index < -0.39 is 6.10 Å². The number of aliphatic hydroxyl groups excluding tert-OH is 1. The van der Waals surface area contributed by atoms with Crippen LogP contribution in [0.4, 0.5) is 0 Å². The first-order valence-electron chi connectivity index (χ1n) is 7.65. The van der Waals surface area contributed by atoms with Crippen molar-refractivity contribution in [2.75, 3.05) is 13.1 Å². The Morgan fingerprint density at radius 3 is 2.52 bits per heavy atom. The molecule has 1 heterocycles. The van der Waals surface area contributed by atoms with E-state index in [1.807, 2.05) is 12.1 Å². The molecule has 0 spiro atoms. The lowest BCUT2D eigenvalue weighted by atomic mass is 10.0. The van der Waals surface area contributed by atoms with E-state index in [0.717, 1.165) is 24.9 Å². The largest absolute Gasteiger partial charge is 0.387 e. The maximum atomic E-state index is 10.2. The highest BCUT2D eigenvalue weighted by Gasteiger charge is 2.07. The zero-order valence-corrected chi connectivity index (χ0v) is 13.7. The molecule has 21 heavy (non-hydrogen) atoms. The molecule has 1 aromatic heterocycles. The lowest BCUT2D eigenvalue weighted by Crippen LogP contribution is -2.23. The van der Waals surface area contributed by atoms with Gasteiger partial charge in [0.15, 0.2) is 0 Å². The second kappa shape index (κ2) is 8.32. The monoisotopic (exact) mass is 303 g/mol. The number of nitrogens with one attached hydrogen (secondary N) is 1. The summed E-state index contributed by atoms with van der Waals surface area (Å²) < 4.78 is 0. The van der Waals surface area contributed by atoms with E-state index in [1.165, 1.54) is 10.4 Å². The zero-order valence-electron chi connectivity index (χ0n) is 12.9. The molecule has 0 radical (unpaired) electrons. The highest BCUT2D eigenvalue weighted by molar-refractivity contribution is 7.09. The molecule has 3 heteroatoms. The van der Waals surface area contributed by atoms with Gasteiger partial charge in [-0.1, -0.05) is 44.2 Å². The Balaban J connectivity index is 1.73. The van der Waals surface area contributed by atoms with E-state index in [0.29, 0.717) is 12.5 Å². The molecule has 1 atom stereocenters. The first-order chi connectivity index (χ1) is 10.1. The van der Waals surface area contributed by atoms with Crippen molar-refractivity contribution in [2.24, 2.45) is 5.92 Å². The molecule has 0 saturated carbocycles. The van der Waals surface area contributed by atoms with Crippen LogP contribution in [0, 0.1) is 5.92 Å². The quantitative estimate of drug-likeness (QED) is 0.727. The molecule has 1 aromatic carbocycles. The molecule has 2 aromatic rings. The zero-order chi connectivity index (χ0) is 15.1. The van der Waals surface area contributed by atoms with Crippen molar-refractivity contribution in [3.8, 4) is 0 Å². The Labute approximate surface area is 131 Å².